The van der Waals surface area contributed by atoms with Crippen LogP contribution in [0.4, 0.5) is 0 Å². The van der Waals surface area contributed by atoms with Gasteiger partial charge in [0.1, 0.15) is 0 Å². The lowest BCUT2D eigenvalue weighted by atomic mass is 9.48. The topological polar surface area (TPSA) is 12.9 Å². The zero-order chi connectivity index (χ0) is 12.3. The summed E-state index contributed by atoms with van der Waals surface area (Å²) < 4.78 is 0. The number of pyridine rings is 1. The highest BCUT2D eigenvalue weighted by molar-refractivity contribution is 7.13. The largest absolute Gasteiger partial charge is 0.252 e. The summed E-state index contributed by atoms with van der Waals surface area (Å²) in [6.07, 6.45) is 2.55. The molecule has 2 heteroatoms. The lowest BCUT2D eigenvalue weighted by molar-refractivity contribution is 0.0170. The van der Waals surface area contributed by atoms with Crippen molar-refractivity contribution in [3.05, 3.63) is 40.9 Å². The van der Waals surface area contributed by atoms with Gasteiger partial charge in [0.05, 0.1) is 10.6 Å². The second-order valence-corrected chi connectivity index (χ2v) is 7.17. The van der Waals surface area contributed by atoms with Gasteiger partial charge in [-0.3, -0.25) is 4.98 Å². The van der Waals surface area contributed by atoms with Crippen molar-refractivity contribution >= 4 is 11.3 Å². The number of thiophene rings is 1. The second kappa shape index (κ2) is 3.45. The molecular formula is C16H17NS. The average Bonchev–Trinajstić information content (AvgIpc) is 2.91. The van der Waals surface area contributed by atoms with Gasteiger partial charge in [0.25, 0.3) is 0 Å². The standard InChI is InChI=1S/C16H17NS/c1-16(2)10-8-12(16)11-5-6-13(17-14(11)9-10)15-4-3-7-18-15/h3-7,10,12H,8-9H2,1-2H3/t10-,12+/m0/s1. The van der Waals surface area contributed by atoms with Crippen molar-refractivity contribution in [3.63, 3.8) is 0 Å². The highest BCUT2D eigenvalue weighted by atomic mass is 32.1. The van der Waals surface area contributed by atoms with Gasteiger partial charge in [-0.15, -0.1) is 11.3 Å². The van der Waals surface area contributed by atoms with E-state index in [1.807, 2.05) is 0 Å². The fourth-order valence-corrected chi connectivity index (χ4v) is 4.37. The Morgan fingerprint density at radius 1 is 1.28 bits per heavy atom. The molecule has 0 saturated heterocycles. The molecule has 1 fully saturated rings. The Labute approximate surface area is 112 Å². The molecule has 0 radical (unpaired) electrons. The molecule has 2 atom stereocenters. The van der Waals surface area contributed by atoms with Crippen LogP contribution in [0.25, 0.3) is 10.6 Å². The van der Waals surface area contributed by atoms with Crippen molar-refractivity contribution in [2.75, 3.05) is 0 Å². The molecule has 1 nitrogen and oxygen atoms in total. The number of nitrogens with zero attached hydrogens (tertiary/aromatic N) is 1. The second-order valence-electron chi connectivity index (χ2n) is 6.22. The molecule has 0 spiro atoms. The summed E-state index contributed by atoms with van der Waals surface area (Å²) in [5.74, 6) is 1.59. The van der Waals surface area contributed by atoms with Gasteiger partial charge in [-0.05, 0) is 53.2 Å². The van der Waals surface area contributed by atoms with E-state index in [0.29, 0.717) is 5.41 Å². The highest BCUT2D eigenvalue weighted by Crippen LogP contribution is 2.61. The molecule has 2 aromatic heterocycles. The molecule has 2 bridgehead atoms. The maximum Gasteiger partial charge on any atom is 0.0805 e. The Kier molecular flexibility index (Phi) is 2.06. The minimum atomic E-state index is 0.499. The highest BCUT2D eigenvalue weighted by Gasteiger charge is 2.52. The van der Waals surface area contributed by atoms with Gasteiger partial charge in [0.2, 0.25) is 0 Å². The van der Waals surface area contributed by atoms with E-state index in [4.69, 9.17) is 4.98 Å². The molecule has 0 amide bonds. The molecule has 5 rings (SSSR count). The predicted molar refractivity (Wildman–Crippen MR) is 75.9 cm³/mol. The van der Waals surface area contributed by atoms with Gasteiger partial charge < -0.3 is 0 Å². The van der Waals surface area contributed by atoms with Crippen LogP contribution in [-0.2, 0) is 6.42 Å². The first-order chi connectivity index (χ1) is 8.66. The Morgan fingerprint density at radius 3 is 2.89 bits per heavy atom. The molecule has 2 aromatic rings. The van der Waals surface area contributed by atoms with E-state index < -0.39 is 0 Å². The third kappa shape index (κ3) is 1.30. The Balaban J connectivity index is 1.79. The SMILES string of the molecule is CC1(C)[C@@H]2Cc3nc(-c4cccs4)ccc3[C@H]1C2. The number of aromatic nitrogens is 1. The molecule has 92 valence electrons. The smallest absolute Gasteiger partial charge is 0.0805 e. The van der Waals surface area contributed by atoms with Crippen molar-refractivity contribution in [2.24, 2.45) is 11.3 Å². The van der Waals surface area contributed by atoms with Crippen LogP contribution >= 0.6 is 11.3 Å². The Hall–Kier alpha value is -1.15. The molecule has 3 aliphatic rings. The zero-order valence-electron chi connectivity index (χ0n) is 10.8. The van der Waals surface area contributed by atoms with Gasteiger partial charge in [-0.1, -0.05) is 26.0 Å². The lowest BCUT2D eigenvalue weighted by Crippen LogP contribution is -2.48. The van der Waals surface area contributed by atoms with Crippen LogP contribution in [0, 0.1) is 11.3 Å². The number of rotatable bonds is 1. The van der Waals surface area contributed by atoms with Gasteiger partial charge in [0, 0.05) is 5.69 Å². The van der Waals surface area contributed by atoms with Crippen molar-refractivity contribution in [1.82, 2.24) is 4.98 Å². The Morgan fingerprint density at radius 2 is 2.17 bits per heavy atom. The van der Waals surface area contributed by atoms with Gasteiger partial charge in [-0.2, -0.15) is 0 Å². The summed E-state index contributed by atoms with van der Waals surface area (Å²) in [7, 11) is 0. The van der Waals surface area contributed by atoms with Crippen LogP contribution in [0.1, 0.15) is 37.4 Å². The molecule has 0 N–H and O–H groups in total. The quantitative estimate of drug-likeness (QED) is 0.731. The third-order valence-electron chi connectivity index (χ3n) is 5.07. The van der Waals surface area contributed by atoms with Crippen molar-refractivity contribution in [2.45, 2.75) is 32.6 Å². The maximum atomic E-state index is 4.91. The summed E-state index contributed by atoms with van der Waals surface area (Å²) in [6, 6.07) is 8.80. The van der Waals surface area contributed by atoms with Crippen LogP contribution < -0.4 is 0 Å². The average molecular weight is 255 g/mol. The van der Waals surface area contributed by atoms with Gasteiger partial charge in [-0.25, -0.2) is 0 Å². The minimum absolute atomic E-state index is 0.499. The van der Waals surface area contributed by atoms with Crippen molar-refractivity contribution in [3.8, 4) is 10.6 Å². The molecule has 1 saturated carbocycles. The van der Waals surface area contributed by atoms with Crippen LogP contribution in [0.3, 0.4) is 0 Å². The van der Waals surface area contributed by atoms with Crippen LogP contribution in [0.15, 0.2) is 29.6 Å². The zero-order valence-corrected chi connectivity index (χ0v) is 11.6. The van der Waals surface area contributed by atoms with E-state index in [2.05, 4.69) is 43.5 Å². The molecule has 0 aromatic carbocycles. The van der Waals surface area contributed by atoms with E-state index in [9.17, 15) is 0 Å². The van der Waals surface area contributed by atoms with Crippen molar-refractivity contribution in [1.29, 1.82) is 0 Å². The van der Waals surface area contributed by atoms with E-state index >= 15 is 0 Å². The van der Waals surface area contributed by atoms with Crippen LogP contribution in [0.5, 0.6) is 0 Å². The molecule has 3 aliphatic carbocycles. The fourth-order valence-electron chi connectivity index (χ4n) is 3.68. The van der Waals surface area contributed by atoms with Crippen molar-refractivity contribution < 1.29 is 0 Å². The molecule has 18 heavy (non-hydrogen) atoms. The summed E-state index contributed by atoms with van der Waals surface area (Å²) >= 11 is 1.78. The summed E-state index contributed by atoms with van der Waals surface area (Å²) in [4.78, 5) is 6.20. The minimum Gasteiger partial charge on any atom is -0.252 e. The fraction of sp³-hybridized carbons (Fsp3) is 0.438. The molecular weight excluding hydrogens is 238 g/mol. The summed E-state index contributed by atoms with van der Waals surface area (Å²) in [5.41, 5.74) is 4.53. The summed E-state index contributed by atoms with van der Waals surface area (Å²) in [5, 5.41) is 2.12. The van der Waals surface area contributed by atoms with E-state index in [1.54, 1.807) is 11.3 Å². The molecule has 0 aliphatic heterocycles. The van der Waals surface area contributed by atoms with Gasteiger partial charge in [0.15, 0.2) is 0 Å². The normalized spacial score (nSPS) is 27.4. The summed E-state index contributed by atoms with van der Waals surface area (Å²) in [6.45, 7) is 4.84. The predicted octanol–water partition coefficient (Wildman–Crippen LogP) is 4.50. The monoisotopic (exact) mass is 255 g/mol. The van der Waals surface area contributed by atoms with Gasteiger partial charge >= 0.3 is 0 Å². The van der Waals surface area contributed by atoms with Crippen LogP contribution in [0.2, 0.25) is 0 Å². The van der Waals surface area contributed by atoms with E-state index in [1.165, 1.54) is 29.0 Å². The first-order valence-corrected chi connectivity index (χ1v) is 7.58. The Bertz CT molecular complexity index is 598. The third-order valence-corrected chi connectivity index (χ3v) is 5.96. The number of hydrogen-bond donors (Lipinski definition) is 0. The molecule has 2 heterocycles. The first-order valence-electron chi connectivity index (χ1n) is 6.70. The van der Waals surface area contributed by atoms with E-state index in [-0.39, 0.29) is 0 Å². The number of hydrogen-bond acceptors (Lipinski definition) is 2. The van der Waals surface area contributed by atoms with Crippen LogP contribution in [-0.4, -0.2) is 4.98 Å². The lowest BCUT2D eigenvalue weighted by Gasteiger charge is -2.56. The van der Waals surface area contributed by atoms with E-state index in [0.717, 1.165) is 17.5 Å². The maximum absolute atomic E-state index is 4.91. The molecule has 0 unspecified atom stereocenters. The first kappa shape index (κ1) is 10.7.